The Morgan fingerprint density at radius 1 is 1.03 bits per heavy atom. The van der Waals surface area contributed by atoms with E-state index in [1.807, 2.05) is 0 Å². The Morgan fingerprint density at radius 2 is 1.67 bits per heavy atom. The van der Waals surface area contributed by atoms with Crippen LogP contribution in [-0.4, -0.2) is 10.9 Å². The summed E-state index contributed by atoms with van der Waals surface area (Å²) < 4.78 is 96.6. The molecule has 1 heterocycles. The van der Waals surface area contributed by atoms with Gasteiger partial charge in [0.1, 0.15) is 27.9 Å². The molecule has 0 atom stereocenters. The van der Waals surface area contributed by atoms with Crippen molar-refractivity contribution in [1.82, 2.24) is 4.98 Å². The van der Waals surface area contributed by atoms with Crippen molar-refractivity contribution in [2.45, 2.75) is 11.5 Å². The highest BCUT2D eigenvalue weighted by Gasteiger charge is 2.65. The highest BCUT2D eigenvalue weighted by atomic mass is 32.5. The third-order valence-electron chi connectivity index (χ3n) is 3.80. The Morgan fingerprint density at radius 3 is 2.23 bits per heavy atom. The monoisotopic (exact) mass is 472 g/mol. The zero-order chi connectivity index (χ0) is 22.4. The van der Waals surface area contributed by atoms with E-state index in [4.69, 9.17) is 10.5 Å². The minimum atomic E-state index is -9.77. The number of carbonyl (C=O) groups is 1. The Hall–Kier alpha value is -2.80. The molecular weight excluding hydrogens is 461 g/mol. The van der Waals surface area contributed by atoms with Crippen LogP contribution >= 0.6 is 21.6 Å². The molecule has 13 heteroatoms. The minimum absolute atomic E-state index is 0.145. The van der Waals surface area contributed by atoms with E-state index in [0.29, 0.717) is 0 Å². The number of benzene rings is 2. The van der Waals surface area contributed by atoms with Gasteiger partial charge in [0.05, 0.1) is 5.69 Å². The summed E-state index contributed by atoms with van der Waals surface area (Å²) in [6.07, 6.45) is 0. The third-order valence-corrected chi connectivity index (χ3v) is 5.79. The molecule has 162 valence electrons. The molecule has 1 aromatic heterocycles. The van der Waals surface area contributed by atoms with Crippen molar-refractivity contribution in [3.8, 4) is 17.0 Å². The number of halogens is 7. The summed E-state index contributed by atoms with van der Waals surface area (Å²) in [5.74, 6) is -4.21. The van der Waals surface area contributed by atoms with Gasteiger partial charge in [0.25, 0.3) is 5.91 Å². The Labute approximate surface area is 168 Å². The molecule has 0 spiro atoms. The number of thiazole rings is 1. The molecule has 0 unspecified atom stereocenters. The Kier molecular flexibility index (Phi) is 4.82. The van der Waals surface area contributed by atoms with Gasteiger partial charge in [-0.3, -0.25) is 4.79 Å². The number of hydrogen-bond donors (Lipinski definition) is 1. The topological polar surface area (TPSA) is 65.2 Å². The van der Waals surface area contributed by atoms with Crippen LogP contribution in [0.15, 0.2) is 46.7 Å². The van der Waals surface area contributed by atoms with Crippen LogP contribution in [0.2, 0.25) is 0 Å². The second-order valence-electron chi connectivity index (χ2n) is 6.01. The zero-order valence-corrected chi connectivity index (χ0v) is 16.2. The lowest BCUT2D eigenvalue weighted by molar-refractivity contribution is 0.0991. The quantitative estimate of drug-likeness (QED) is 0.421. The number of amides is 1. The van der Waals surface area contributed by atoms with Gasteiger partial charge in [-0.05, 0) is 24.3 Å². The highest BCUT2D eigenvalue weighted by molar-refractivity contribution is 8.45. The number of ether oxygens (including phenoxy) is 1. The van der Waals surface area contributed by atoms with E-state index in [1.54, 1.807) is 0 Å². The SMILES string of the molecule is NC(=O)c1c(F)ccc(OCc2nc(-c3ccc(S(F)(F)(F)(F)F)cc3)cs2)c1F. The van der Waals surface area contributed by atoms with Gasteiger partial charge in [0, 0.05) is 10.9 Å². The van der Waals surface area contributed by atoms with Gasteiger partial charge in [0.15, 0.2) is 11.6 Å². The number of rotatable bonds is 6. The summed E-state index contributed by atoms with van der Waals surface area (Å²) in [5, 5.41) is 1.69. The molecule has 4 nitrogen and oxygen atoms in total. The van der Waals surface area contributed by atoms with E-state index in [0.717, 1.165) is 35.6 Å². The smallest absolute Gasteiger partial charge is 0.310 e. The van der Waals surface area contributed by atoms with Crippen LogP contribution in [0.5, 0.6) is 5.75 Å². The summed E-state index contributed by atoms with van der Waals surface area (Å²) in [6, 6.07) is 3.99. The van der Waals surface area contributed by atoms with E-state index >= 15 is 0 Å². The fourth-order valence-corrected chi connectivity index (χ4v) is 3.77. The van der Waals surface area contributed by atoms with Gasteiger partial charge in [-0.2, -0.15) is 0 Å². The fraction of sp³-hybridized carbons (Fsp3) is 0.0588. The average Bonchev–Trinajstić information content (AvgIpc) is 3.08. The Bertz CT molecular complexity index is 1130. The van der Waals surface area contributed by atoms with Crippen molar-refractivity contribution in [3.63, 3.8) is 0 Å². The molecule has 2 aromatic carbocycles. The van der Waals surface area contributed by atoms with E-state index in [9.17, 15) is 33.0 Å². The van der Waals surface area contributed by atoms with Crippen molar-refractivity contribution in [1.29, 1.82) is 0 Å². The first-order chi connectivity index (χ1) is 13.7. The van der Waals surface area contributed by atoms with Crippen LogP contribution in [0.4, 0.5) is 28.2 Å². The molecule has 0 saturated heterocycles. The van der Waals surface area contributed by atoms with Crippen molar-refractivity contribution in [2.24, 2.45) is 5.73 Å². The van der Waals surface area contributed by atoms with Crippen LogP contribution in [0.1, 0.15) is 15.4 Å². The molecule has 2 N–H and O–H groups in total. The normalized spacial score (nSPS) is 14.1. The first-order valence-corrected chi connectivity index (χ1v) is 10.7. The van der Waals surface area contributed by atoms with E-state index < -0.39 is 44.0 Å². The second kappa shape index (κ2) is 6.60. The Balaban J connectivity index is 1.77. The molecule has 0 radical (unpaired) electrons. The average molecular weight is 472 g/mol. The molecule has 0 bridgehead atoms. The molecule has 0 aliphatic carbocycles. The predicted octanol–water partition coefficient (Wildman–Crippen LogP) is 6.42. The van der Waals surface area contributed by atoms with Gasteiger partial charge >= 0.3 is 10.2 Å². The summed E-state index contributed by atoms with van der Waals surface area (Å²) in [6.45, 7) is -0.311. The second-order valence-corrected chi connectivity index (χ2v) is 9.36. The van der Waals surface area contributed by atoms with Crippen LogP contribution in [0.25, 0.3) is 11.3 Å². The third kappa shape index (κ3) is 4.67. The molecule has 0 aliphatic rings. The van der Waals surface area contributed by atoms with Gasteiger partial charge in [-0.25, -0.2) is 13.8 Å². The lowest BCUT2D eigenvalue weighted by Crippen LogP contribution is -2.16. The van der Waals surface area contributed by atoms with Crippen molar-refractivity contribution in [3.05, 3.63) is 64.0 Å². The van der Waals surface area contributed by atoms with Crippen molar-refractivity contribution < 1.29 is 37.7 Å². The maximum Gasteiger partial charge on any atom is 0.310 e. The van der Waals surface area contributed by atoms with Gasteiger partial charge < -0.3 is 10.5 Å². The fourth-order valence-electron chi connectivity index (χ4n) is 2.40. The summed E-state index contributed by atoms with van der Waals surface area (Å²) in [7, 11) is -9.77. The summed E-state index contributed by atoms with van der Waals surface area (Å²) >= 11 is 1.00. The van der Waals surface area contributed by atoms with Gasteiger partial charge in [-0.15, -0.1) is 11.3 Å². The lowest BCUT2D eigenvalue weighted by Gasteiger charge is -2.40. The van der Waals surface area contributed by atoms with Crippen molar-refractivity contribution >= 4 is 27.5 Å². The van der Waals surface area contributed by atoms with Crippen LogP contribution in [0.3, 0.4) is 0 Å². The molecule has 0 aliphatic heterocycles. The lowest BCUT2D eigenvalue weighted by atomic mass is 10.1. The molecule has 3 aromatic rings. The van der Waals surface area contributed by atoms with Crippen LogP contribution in [-0.2, 0) is 6.61 Å². The van der Waals surface area contributed by atoms with Crippen LogP contribution in [0, 0.1) is 11.6 Å². The van der Waals surface area contributed by atoms with E-state index in [1.165, 1.54) is 5.38 Å². The predicted molar refractivity (Wildman–Crippen MR) is 98.2 cm³/mol. The molecule has 3 rings (SSSR count). The number of primary amides is 1. The summed E-state index contributed by atoms with van der Waals surface area (Å²) in [5.41, 5.74) is 4.28. The number of carbonyl (C=O) groups excluding carboxylic acids is 1. The largest absolute Gasteiger partial charge is 0.483 e. The number of hydrogen-bond acceptors (Lipinski definition) is 4. The van der Waals surface area contributed by atoms with E-state index in [2.05, 4.69) is 4.98 Å². The van der Waals surface area contributed by atoms with Gasteiger partial charge in [0.2, 0.25) is 0 Å². The van der Waals surface area contributed by atoms with Crippen molar-refractivity contribution in [2.75, 3.05) is 0 Å². The summed E-state index contributed by atoms with van der Waals surface area (Å²) in [4.78, 5) is 13.2. The maximum atomic E-state index is 14.1. The first-order valence-electron chi connectivity index (χ1n) is 7.85. The molecule has 1 amide bonds. The van der Waals surface area contributed by atoms with Gasteiger partial charge in [-0.1, -0.05) is 31.6 Å². The molecule has 0 fully saturated rings. The van der Waals surface area contributed by atoms with Crippen LogP contribution < -0.4 is 10.5 Å². The molecule has 30 heavy (non-hydrogen) atoms. The number of nitrogens with two attached hydrogens (primary N) is 1. The minimum Gasteiger partial charge on any atom is -0.483 e. The maximum absolute atomic E-state index is 14.1. The highest BCUT2D eigenvalue weighted by Crippen LogP contribution is 3.02. The molecule has 0 saturated carbocycles. The number of nitrogens with zero attached hydrogens (tertiary/aromatic N) is 1. The zero-order valence-electron chi connectivity index (χ0n) is 14.6. The first kappa shape index (κ1) is 21.9. The van der Waals surface area contributed by atoms with E-state index in [-0.39, 0.29) is 35.0 Å². The standard InChI is InChI=1S/C17H11F7N2O2S2/c18-11-5-6-13(16(19)15(11)17(25)27)28-7-14-26-12(8-29-14)9-1-3-10(4-2-9)30(20,21,22,23)24/h1-6,8H,7H2,(H2,25,27). The molecular formula is C17H11F7N2O2S2. The number of aromatic nitrogens is 1.